The smallest absolute Gasteiger partial charge is 0.120 e. The lowest BCUT2D eigenvalue weighted by Crippen LogP contribution is -2.47. The summed E-state index contributed by atoms with van der Waals surface area (Å²) in [5.41, 5.74) is 1.29. The van der Waals surface area contributed by atoms with Gasteiger partial charge in [0, 0.05) is 38.6 Å². The van der Waals surface area contributed by atoms with Gasteiger partial charge in [0.1, 0.15) is 29.9 Å². The molecule has 0 N–H and O–H groups in total. The van der Waals surface area contributed by atoms with Crippen LogP contribution in [-0.4, -0.2) is 55.7 Å². The number of furan rings is 1. The van der Waals surface area contributed by atoms with Crippen molar-refractivity contribution >= 4 is 0 Å². The Hall–Kier alpha value is -2.80. The molecule has 0 saturated carbocycles. The molecule has 2 heterocycles. The number of hydrogen-bond acceptors (Lipinski definition) is 6. The summed E-state index contributed by atoms with van der Waals surface area (Å²) < 4.78 is 11.6. The molecular formula is C25H32N4O2. The molecule has 164 valence electrons. The Morgan fingerprint density at radius 2 is 1.81 bits per heavy atom. The minimum Gasteiger partial charge on any atom is -0.492 e. The molecular weight excluding hydrogens is 388 g/mol. The first-order chi connectivity index (χ1) is 15.1. The summed E-state index contributed by atoms with van der Waals surface area (Å²) >= 11 is 0. The van der Waals surface area contributed by atoms with Crippen molar-refractivity contribution in [2.24, 2.45) is 0 Å². The van der Waals surface area contributed by atoms with Gasteiger partial charge in [-0.15, -0.1) is 0 Å². The van der Waals surface area contributed by atoms with Crippen LogP contribution in [0.5, 0.6) is 5.75 Å². The summed E-state index contributed by atoms with van der Waals surface area (Å²) in [5.74, 6) is 2.84. The molecule has 6 nitrogen and oxygen atoms in total. The van der Waals surface area contributed by atoms with Crippen molar-refractivity contribution < 1.29 is 9.15 Å². The van der Waals surface area contributed by atoms with E-state index in [9.17, 15) is 0 Å². The Morgan fingerprint density at radius 3 is 2.45 bits per heavy atom. The molecule has 1 aromatic carbocycles. The molecule has 3 rings (SSSR count). The molecule has 1 unspecified atom stereocenters. The Morgan fingerprint density at radius 1 is 1.06 bits per heavy atom. The Bertz CT molecular complexity index is 916. The predicted molar refractivity (Wildman–Crippen MR) is 120 cm³/mol. The number of hydrogen-bond donors (Lipinski definition) is 0. The summed E-state index contributed by atoms with van der Waals surface area (Å²) in [7, 11) is 0. The fraction of sp³-hybridized carbons (Fsp3) is 0.520. The zero-order chi connectivity index (χ0) is 22.1. The van der Waals surface area contributed by atoms with Gasteiger partial charge in [-0.25, -0.2) is 0 Å². The van der Waals surface area contributed by atoms with Crippen LogP contribution >= 0.6 is 0 Å². The van der Waals surface area contributed by atoms with E-state index in [0.29, 0.717) is 23.7 Å². The molecule has 0 amide bonds. The second-order valence-corrected chi connectivity index (χ2v) is 8.15. The molecule has 0 radical (unpaired) electrons. The standard InChI is InChI=1S/C25H32N4O2/c1-3-22(25-17-23(19-27)20(2)31-25)7-5-9-28-10-12-29(13-11-28)14-15-30-24-8-4-6-21(16-24)18-26/h4,6,8,16-17,22H,3,5,7,9-15H2,1-2H3. The van der Waals surface area contributed by atoms with Gasteiger partial charge < -0.3 is 14.1 Å². The zero-order valence-corrected chi connectivity index (χ0v) is 18.6. The van der Waals surface area contributed by atoms with Crippen molar-refractivity contribution in [2.75, 3.05) is 45.9 Å². The van der Waals surface area contributed by atoms with Crippen LogP contribution < -0.4 is 4.74 Å². The predicted octanol–water partition coefficient (Wildman–Crippen LogP) is 4.30. The second kappa shape index (κ2) is 11.6. The van der Waals surface area contributed by atoms with E-state index >= 15 is 0 Å². The van der Waals surface area contributed by atoms with Gasteiger partial charge in [-0.3, -0.25) is 4.90 Å². The normalized spacial score (nSPS) is 15.9. The third-order valence-electron chi connectivity index (χ3n) is 6.08. The molecule has 1 aliphatic heterocycles. The van der Waals surface area contributed by atoms with Crippen molar-refractivity contribution in [1.82, 2.24) is 9.80 Å². The van der Waals surface area contributed by atoms with E-state index in [4.69, 9.17) is 19.7 Å². The average Bonchev–Trinajstić information content (AvgIpc) is 3.18. The van der Waals surface area contributed by atoms with Gasteiger partial charge >= 0.3 is 0 Å². The van der Waals surface area contributed by atoms with Gasteiger partial charge in [-0.05, 0) is 57.0 Å². The quantitative estimate of drug-likeness (QED) is 0.570. The van der Waals surface area contributed by atoms with Crippen LogP contribution in [0.3, 0.4) is 0 Å². The van der Waals surface area contributed by atoms with E-state index in [2.05, 4.69) is 28.9 Å². The monoisotopic (exact) mass is 420 g/mol. The number of rotatable bonds is 10. The molecule has 0 bridgehead atoms. The first-order valence-corrected chi connectivity index (χ1v) is 11.2. The SMILES string of the molecule is CCC(CCCN1CCN(CCOc2cccc(C#N)c2)CC1)c1cc(C#N)c(C)o1. The van der Waals surface area contributed by atoms with Crippen molar-refractivity contribution in [3.63, 3.8) is 0 Å². The molecule has 6 heteroatoms. The van der Waals surface area contributed by atoms with Crippen LogP contribution in [-0.2, 0) is 0 Å². The Kier molecular flexibility index (Phi) is 8.53. The summed E-state index contributed by atoms with van der Waals surface area (Å²) in [6.07, 6.45) is 3.26. The number of nitriles is 2. The highest BCUT2D eigenvalue weighted by Gasteiger charge is 2.19. The number of benzene rings is 1. The van der Waals surface area contributed by atoms with Gasteiger partial charge in [-0.2, -0.15) is 10.5 Å². The minimum atomic E-state index is 0.388. The molecule has 0 aliphatic carbocycles. The highest BCUT2D eigenvalue weighted by molar-refractivity contribution is 5.36. The highest BCUT2D eigenvalue weighted by atomic mass is 16.5. The Labute approximate surface area is 185 Å². The Balaban J connectivity index is 1.33. The van der Waals surface area contributed by atoms with Gasteiger partial charge in [0.05, 0.1) is 17.2 Å². The van der Waals surface area contributed by atoms with Crippen molar-refractivity contribution in [3.05, 3.63) is 53.0 Å². The number of ether oxygens (including phenoxy) is 1. The van der Waals surface area contributed by atoms with Gasteiger partial charge in [-0.1, -0.05) is 13.0 Å². The molecule has 0 spiro atoms. The fourth-order valence-corrected chi connectivity index (χ4v) is 4.11. The van der Waals surface area contributed by atoms with E-state index in [1.54, 1.807) is 12.1 Å². The summed E-state index contributed by atoms with van der Waals surface area (Å²) in [5, 5.41) is 18.1. The van der Waals surface area contributed by atoms with Crippen molar-refractivity contribution in [2.45, 2.75) is 39.0 Å². The first kappa shape index (κ1) is 22.9. The highest BCUT2D eigenvalue weighted by Crippen LogP contribution is 2.28. The van der Waals surface area contributed by atoms with E-state index < -0.39 is 0 Å². The van der Waals surface area contributed by atoms with Crippen LogP contribution in [0.1, 0.15) is 54.8 Å². The lowest BCUT2D eigenvalue weighted by molar-refractivity contribution is 0.115. The molecule has 1 aromatic heterocycles. The first-order valence-electron chi connectivity index (χ1n) is 11.2. The number of nitrogens with zero attached hydrogens (tertiary/aromatic N) is 4. The summed E-state index contributed by atoms with van der Waals surface area (Å²) in [6, 6.07) is 13.6. The lowest BCUT2D eigenvalue weighted by atomic mass is 9.97. The van der Waals surface area contributed by atoms with Crippen LogP contribution in [0.15, 0.2) is 34.7 Å². The molecule has 2 aromatic rings. The fourth-order valence-electron chi connectivity index (χ4n) is 4.11. The van der Waals surface area contributed by atoms with E-state index in [1.807, 2.05) is 25.1 Å². The maximum absolute atomic E-state index is 9.15. The molecule has 1 aliphatic rings. The average molecular weight is 421 g/mol. The lowest BCUT2D eigenvalue weighted by Gasteiger charge is -2.34. The van der Waals surface area contributed by atoms with Gasteiger partial charge in [0.15, 0.2) is 0 Å². The van der Waals surface area contributed by atoms with E-state index in [-0.39, 0.29) is 0 Å². The molecule has 31 heavy (non-hydrogen) atoms. The molecule has 1 saturated heterocycles. The largest absolute Gasteiger partial charge is 0.492 e. The van der Waals surface area contributed by atoms with Crippen molar-refractivity contribution in [1.29, 1.82) is 10.5 Å². The second-order valence-electron chi connectivity index (χ2n) is 8.15. The van der Waals surface area contributed by atoms with E-state index in [1.165, 1.54) is 0 Å². The summed E-state index contributed by atoms with van der Waals surface area (Å²) in [4.78, 5) is 4.98. The minimum absolute atomic E-state index is 0.388. The van der Waals surface area contributed by atoms with Crippen LogP contribution in [0.4, 0.5) is 0 Å². The zero-order valence-electron chi connectivity index (χ0n) is 18.6. The maximum atomic E-state index is 9.15. The van der Waals surface area contributed by atoms with Crippen LogP contribution in [0.25, 0.3) is 0 Å². The van der Waals surface area contributed by atoms with E-state index in [0.717, 1.165) is 75.8 Å². The van der Waals surface area contributed by atoms with Gasteiger partial charge in [0.25, 0.3) is 0 Å². The maximum Gasteiger partial charge on any atom is 0.120 e. The third-order valence-corrected chi connectivity index (χ3v) is 6.08. The third kappa shape index (κ3) is 6.59. The summed E-state index contributed by atoms with van der Waals surface area (Å²) in [6.45, 7) is 11.0. The van der Waals surface area contributed by atoms with Gasteiger partial charge in [0.2, 0.25) is 0 Å². The van der Waals surface area contributed by atoms with Crippen molar-refractivity contribution in [3.8, 4) is 17.9 Å². The number of piperazine rings is 1. The van der Waals surface area contributed by atoms with Crippen LogP contribution in [0.2, 0.25) is 0 Å². The topological polar surface area (TPSA) is 76.4 Å². The number of aryl methyl sites for hydroxylation is 1. The molecule has 1 atom stereocenters. The molecule has 1 fully saturated rings. The van der Waals surface area contributed by atoms with Crippen LogP contribution in [0, 0.1) is 29.6 Å².